The molecular weight excluding hydrogens is 250 g/mol. The van der Waals surface area contributed by atoms with Gasteiger partial charge in [-0.25, -0.2) is 0 Å². The van der Waals surface area contributed by atoms with E-state index in [1.54, 1.807) is 19.4 Å². The third-order valence-electron chi connectivity index (χ3n) is 2.06. The van der Waals surface area contributed by atoms with Crippen LogP contribution in [0.25, 0.3) is 11.4 Å². The molecule has 0 saturated carbocycles. The normalized spacial score (nSPS) is 11.6. The molecule has 2 aromatic heterocycles. The van der Waals surface area contributed by atoms with Crippen LogP contribution in [0.15, 0.2) is 34.2 Å². The first-order valence-electron chi connectivity index (χ1n) is 5.36. The van der Waals surface area contributed by atoms with Crippen molar-refractivity contribution in [3.63, 3.8) is 0 Å². The van der Waals surface area contributed by atoms with Gasteiger partial charge >= 0.3 is 0 Å². The molecule has 0 radical (unpaired) electrons. The van der Waals surface area contributed by atoms with Crippen molar-refractivity contribution >= 4 is 16.8 Å². The molecule has 0 bridgehead atoms. The highest BCUT2D eigenvalue weighted by atomic mass is 32.2. The van der Waals surface area contributed by atoms with Crippen LogP contribution in [0.1, 0.15) is 12.8 Å². The van der Waals surface area contributed by atoms with Crippen molar-refractivity contribution in [2.75, 3.05) is 7.05 Å². The molecule has 0 amide bonds. The Hall–Kier alpha value is -1.89. The molecule has 6 nitrogen and oxygen atoms in total. The lowest BCUT2D eigenvalue weighted by Crippen LogP contribution is -1.98. The predicted octanol–water partition coefficient (Wildman–Crippen LogP) is 1.92. The van der Waals surface area contributed by atoms with Crippen molar-refractivity contribution in [1.82, 2.24) is 20.6 Å². The number of nitrogens with one attached hydrogen (secondary N) is 1. The molecular formula is C11H13N5OS. The first-order valence-corrected chi connectivity index (χ1v) is 6.35. The van der Waals surface area contributed by atoms with Crippen LogP contribution in [0.3, 0.4) is 0 Å². The number of nitrogens with zero attached hydrogens (tertiary/aromatic N) is 4. The third-order valence-corrected chi connectivity index (χ3v) is 2.96. The lowest BCUT2D eigenvalue weighted by atomic mass is 10.3. The van der Waals surface area contributed by atoms with E-state index < -0.39 is 0 Å². The molecule has 0 spiro atoms. The van der Waals surface area contributed by atoms with Gasteiger partial charge in [0.15, 0.2) is 0 Å². The second-order valence-electron chi connectivity index (χ2n) is 3.40. The van der Waals surface area contributed by atoms with Gasteiger partial charge in [0, 0.05) is 25.0 Å². The van der Waals surface area contributed by atoms with E-state index in [0.29, 0.717) is 17.5 Å². The van der Waals surface area contributed by atoms with Crippen molar-refractivity contribution in [1.29, 1.82) is 0 Å². The van der Waals surface area contributed by atoms with Crippen molar-refractivity contribution in [3.8, 4) is 11.4 Å². The molecule has 0 aliphatic carbocycles. The zero-order valence-electron chi connectivity index (χ0n) is 10.1. The molecule has 7 heteroatoms. The Bertz CT molecular complexity index is 525. The van der Waals surface area contributed by atoms with E-state index in [4.69, 9.17) is 4.52 Å². The van der Waals surface area contributed by atoms with E-state index in [9.17, 15) is 0 Å². The van der Waals surface area contributed by atoms with Gasteiger partial charge in [-0.05, 0) is 19.1 Å². The molecule has 2 aromatic rings. The van der Waals surface area contributed by atoms with Crippen molar-refractivity contribution in [2.24, 2.45) is 5.10 Å². The van der Waals surface area contributed by atoms with E-state index in [1.807, 2.05) is 19.1 Å². The van der Waals surface area contributed by atoms with Gasteiger partial charge in [-0.1, -0.05) is 16.9 Å². The lowest BCUT2D eigenvalue weighted by Gasteiger charge is -1.95. The predicted molar refractivity (Wildman–Crippen MR) is 71.0 cm³/mol. The zero-order chi connectivity index (χ0) is 12.8. The summed E-state index contributed by atoms with van der Waals surface area (Å²) < 4.78 is 5.16. The molecule has 0 atom stereocenters. The summed E-state index contributed by atoms with van der Waals surface area (Å²) in [7, 11) is 1.76. The summed E-state index contributed by atoms with van der Waals surface area (Å²) in [6, 6.07) is 3.73. The maximum Gasteiger partial charge on any atom is 0.237 e. The SMILES string of the molecule is CN/N=C(\C)SCc1nc(-c2cccnc2)no1. The first-order chi connectivity index (χ1) is 8.79. The van der Waals surface area contributed by atoms with Gasteiger partial charge in [-0.2, -0.15) is 10.1 Å². The summed E-state index contributed by atoms with van der Waals surface area (Å²) in [5, 5.41) is 8.87. The van der Waals surface area contributed by atoms with Crippen molar-refractivity contribution in [2.45, 2.75) is 12.7 Å². The number of hydrogen-bond acceptors (Lipinski definition) is 7. The molecule has 1 N–H and O–H groups in total. The summed E-state index contributed by atoms with van der Waals surface area (Å²) >= 11 is 1.54. The fraction of sp³-hybridized carbons (Fsp3) is 0.273. The smallest absolute Gasteiger partial charge is 0.237 e. The zero-order valence-corrected chi connectivity index (χ0v) is 10.9. The maximum atomic E-state index is 5.16. The minimum absolute atomic E-state index is 0.557. The van der Waals surface area contributed by atoms with Crippen LogP contribution in [0.4, 0.5) is 0 Å². The van der Waals surface area contributed by atoms with Gasteiger partial charge < -0.3 is 9.95 Å². The van der Waals surface area contributed by atoms with Crippen LogP contribution < -0.4 is 5.43 Å². The van der Waals surface area contributed by atoms with Gasteiger partial charge in [-0.15, -0.1) is 0 Å². The van der Waals surface area contributed by atoms with Gasteiger partial charge in [0.25, 0.3) is 0 Å². The average Bonchev–Trinajstić information content (AvgIpc) is 2.87. The molecule has 0 saturated heterocycles. The molecule has 2 rings (SSSR count). The van der Waals surface area contributed by atoms with Gasteiger partial charge in [-0.3, -0.25) is 4.98 Å². The van der Waals surface area contributed by atoms with Crippen molar-refractivity contribution < 1.29 is 4.52 Å². The van der Waals surface area contributed by atoms with E-state index in [0.717, 1.165) is 10.6 Å². The Morgan fingerprint density at radius 1 is 1.56 bits per heavy atom. The van der Waals surface area contributed by atoms with E-state index in [2.05, 4.69) is 25.7 Å². The van der Waals surface area contributed by atoms with Gasteiger partial charge in [0.2, 0.25) is 11.7 Å². The fourth-order valence-corrected chi connectivity index (χ4v) is 1.89. The number of aromatic nitrogens is 3. The largest absolute Gasteiger partial charge is 0.338 e. The van der Waals surface area contributed by atoms with Crippen LogP contribution >= 0.6 is 11.8 Å². The van der Waals surface area contributed by atoms with Gasteiger partial charge in [0.1, 0.15) is 0 Å². The maximum absolute atomic E-state index is 5.16. The summed E-state index contributed by atoms with van der Waals surface area (Å²) in [5.74, 6) is 1.73. The fourth-order valence-electron chi connectivity index (χ4n) is 1.28. The molecule has 0 fully saturated rings. The molecule has 0 aromatic carbocycles. The van der Waals surface area contributed by atoms with E-state index in [1.165, 1.54) is 11.8 Å². The standard InChI is InChI=1S/C11H13N5OS/c1-8(15-12-2)18-7-10-14-11(16-17-10)9-4-3-5-13-6-9/h3-6,12H,7H2,1-2H3/b15-8+. The summed E-state index contributed by atoms with van der Waals surface area (Å²) in [6.07, 6.45) is 3.41. The Kier molecular flexibility index (Phi) is 4.30. The first kappa shape index (κ1) is 12.6. The minimum Gasteiger partial charge on any atom is -0.338 e. The van der Waals surface area contributed by atoms with Crippen LogP contribution in [-0.2, 0) is 5.75 Å². The number of hydrazone groups is 1. The third kappa shape index (κ3) is 3.30. The monoisotopic (exact) mass is 263 g/mol. The topological polar surface area (TPSA) is 76.2 Å². The second-order valence-corrected chi connectivity index (χ2v) is 4.56. The molecule has 0 unspecified atom stereocenters. The highest BCUT2D eigenvalue weighted by Crippen LogP contribution is 2.17. The molecule has 0 aliphatic rings. The summed E-state index contributed by atoms with van der Waals surface area (Å²) in [6.45, 7) is 1.92. The number of thioether (sulfide) groups is 1. The number of hydrogen-bond donors (Lipinski definition) is 1. The number of rotatable bonds is 4. The molecule has 0 aliphatic heterocycles. The summed E-state index contributed by atoms with van der Waals surface area (Å²) in [4.78, 5) is 8.31. The van der Waals surface area contributed by atoms with Crippen LogP contribution in [0.5, 0.6) is 0 Å². The van der Waals surface area contributed by atoms with Crippen LogP contribution in [-0.4, -0.2) is 27.2 Å². The molecule has 94 valence electrons. The van der Waals surface area contributed by atoms with Crippen LogP contribution in [0, 0.1) is 0 Å². The van der Waals surface area contributed by atoms with E-state index in [-0.39, 0.29) is 0 Å². The van der Waals surface area contributed by atoms with Crippen LogP contribution in [0.2, 0.25) is 0 Å². The lowest BCUT2D eigenvalue weighted by molar-refractivity contribution is 0.392. The highest BCUT2D eigenvalue weighted by molar-refractivity contribution is 8.13. The molecule has 18 heavy (non-hydrogen) atoms. The quantitative estimate of drug-likeness (QED) is 0.516. The Balaban J connectivity index is 2.01. The molecule has 2 heterocycles. The van der Waals surface area contributed by atoms with E-state index >= 15 is 0 Å². The Morgan fingerprint density at radius 3 is 3.17 bits per heavy atom. The van der Waals surface area contributed by atoms with Gasteiger partial charge in [0.05, 0.1) is 10.8 Å². The highest BCUT2D eigenvalue weighted by Gasteiger charge is 2.08. The summed E-state index contributed by atoms with van der Waals surface area (Å²) in [5.41, 5.74) is 3.57. The minimum atomic E-state index is 0.557. The number of pyridine rings is 1. The second kappa shape index (κ2) is 6.15. The van der Waals surface area contributed by atoms with Crippen molar-refractivity contribution in [3.05, 3.63) is 30.4 Å². The Morgan fingerprint density at radius 2 is 2.44 bits per heavy atom. The Labute approximate surface area is 109 Å². The average molecular weight is 263 g/mol.